The van der Waals surface area contributed by atoms with Gasteiger partial charge in [-0.25, -0.2) is 14.4 Å². The monoisotopic (exact) mass is 294 g/mol. The van der Waals surface area contributed by atoms with Crippen molar-refractivity contribution in [3.63, 3.8) is 0 Å². The van der Waals surface area contributed by atoms with Crippen LogP contribution in [0.15, 0.2) is 24.5 Å². The van der Waals surface area contributed by atoms with Crippen molar-refractivity contribution in [2.45, 2.75) is 20.3 Å². The van der Waals surface area contributed by atoms with Gasteiger partial charge in [-0.1, -0.05) is 18.5 Å². The molecule has 20 heavy (non-hydrogen) atoms. The molecule has 0 bridgehead atoms. The summed E-state index contributed by atoms with van der Waals surface area (Å²) in [6.07, 6.45) is 2.21. The molecule has 106 valence electrons. The second kappa shape index (κ2) is 6.52. The van der Waals surface area contributed by atoms with Gasteiger partial charge in [-0.15, -0.1) is 0 Å². The third kappa shape index (κ3) is 3.17. The number of rotatable bonds is 5. The fourth-order valence-electron chi connectivity index (χ4n) is 1.90. The molecule has 1 aromatic carbocycles. The van der Waals surface area contributed by atoms with Crippen molar-refractivity contribution in [2.24, 2.45) is 0 Å². The van der Waals surface area contributed by atoms with E-state index in [-0.39, 0.29) is 5.82 Å². The Bertz CT molecular complexity index is 604. The molecule has 4 nitrogen and oxygen atoms in total. The summed E-state index contributed by atoms with van der Waals surface area (Å²) in [5.41, 5.74) is 1.43. The second-order valence-electron chi connectivity index (χ2n) is 4.18. The van der Waals surface area contributed by atoms with Crippen LogP contribution >= 0.6 is 11.6 Å². The van der Waals surface area contributed by atoms with Gasteiger partial charge in [0, 0.05) is 12.1 Å². The summed E-state index contributed by atoms with van der Waals surface area (Å²) in [4.78, 5) is 8.43. The summed E-state index contributed by atoms with van der Waals surface area (Å²) >= 11 is 6.05. The Balaban J connectivity index is 2.37. The maximum atomic E-state index is 13.3. The molecule has 0 fully saturated rings. The van der Waals surface area contributed by atoms with Crippen molar-refractivity contribution in [1.29, 1.82) is 0 Å². The van der Waals surface area contributed by atoms with Crippen LogP contribution in [0.5, 0.6) is 0 Å². The van der Waals surface area contributed by atoms with E-state index in [1.165, 1.54) is 24.5 Å². The van der Waals surface area contributed by atoms with E-state index in [4.69, 9.17) is 11.6 Å². The Hall–Kier alpha value is -1.88. The van der Waals surface area contributed by atoms with Crippen LogP contribution in [0.3, 0.4) is 0 Å². The van der Waals surface area contributed by atoms with Crippen LogP contribution in [-0.4, -0.2) is 16.5 Å². The summed E-state index contributed by atoms with van der Waals surface area (Å²) in [5.74, 6) is 1.06. The molecule has 6 heteroatoms. The molecular formula is C14H16ClFN4. The van der Waals surface area contributed by atoms with Crippen LogP contribution in [0, 0.1) is 5.82 Å². The highest BCUT2D eigenvalue weighted by Gasteiger charge is 2.11. The van der Waals surface area contributed by atoms with E-state index in [9.17, 15) is 4.39 Å². The lowest BCUT2D eigenvalue weighted by atomic mass is 10.2. The standard InChI is InChI=1S/C14H16ClFN4/c1-3-10-13(17-4-2)18-8-19-14(10)20-12-7-9(16)5-6-11(12)15/h5-8H,3-4H2,1-2H3,(H2,17,18,19,20). The smallest absolute Gasteiger partial charge is 0.139 e. The quantitative estimate of drug-likeness (QED) is 0.875. The van der Waals surface area contributed by atoms with Gasteiger partial charge in [-0.2, -0.15) is 0 Å². The molecular weight excluding hydrogens is 279 g/mol. The van der Waals surface area contributed by atoms with Gasteiger partial charge in [-0.3, -0.25) is 0 Å². The van der Waals surface area contributed by atoms with E-state index in [0.29, 0.717) is 16.5 Å². The number of nitrogens with zero attached hydrogens (tertiary/aromatic N) is 2. The molecule has 0 aliphatic rings. The minimum atomic E-state index is -0.351. The Morgan fingerprint density at radius 3 is 2.65 bits per heavy atom. The van der Waals surface area contributed by atoms with Gasteiger partial charge >= 0.3 is 0 Å². The number of halogens is 2. The van der Waals surface area contributed by atoms with Gasteiger partial charge in [0.25, 0.3) is 0 Å². The lowest BCUT2D eigenvalue weighted by molar-refractivity contribution is 0.628. The number of anilines is 3. The average Bonchev–Trinajstić information content (AvgIpc) is 2.43. The maximum Gasteiger partial charge on any atom is 0.139 e. The van der Waals surface area contributed by atoms with Crippen LogP contribution in [0.25, 0.3) is 0 Å². The highest BCUT2D eigenvalue weighted by atomic mass is 35.5. The number of hydrogen-bond donors (Lipinski definition) is 2. The highest BCUT2D eigenvalue weighted by molar-refractivity contribution is 6.33. The van der Waals surface area contributed by atoms with Crippen LogP contribution in [-0.2, 0) is 6.42 Å². The molecule has 2 aromatic rings. The number of aromatic nitrogens is 2. The first-order valence-corrected chi connectivity index (χ1v) is 6.83. The molecule has 0 radical (unpaired) electrons. The average molecular weight is 295 g/mol. The van der Waals surface area contributed by atoms with Crippen LogP contribution < -0.4 is 10.6 Å². The first-order valence-electron chi connectivity index (χ1n) is 6.45. The van der Waals surface area contributed by atoms with Gasteiger partial charge < -0.3 is 10.6 Å². The maximum absolute atomic E-state index is 13.3. The van der Waals surface area contributed by atoms with Crippen LogP contribution in [0.1, 0.15) is 19.4 Å². The third-order valence-corrected chi connectivity index (χ3v) is 3.15. The molecule has 0 amide bonds. The van der Waals surface area contributed by atoms with Crippen molar-refractivity contribution in [3.8, 4) is 0 Å². The van der Waals surface area contributed by atoms with Gasteiger partial charge in [0.2, 0.25) is 0 Å². The third-order valence-electron chi connectivity index (χ3n) is 2.82. The Kier molecular flexibility index (Phi) is 4.74. The lowest BCUT2D eigenvalue weighted by Crippen LogP contribution is -2.07. The fourth-order valence-corrected chi connectivity index (χ4v) is 2.06. The summed E-state index contributed by atoms with van der Waals surface area (Å²) < 4.78 is 13.3. The molecule has 0 aliphatic carbocycles. The van der Waals surface area contributed by atoms with E-state index in [2.05, 4.69) is 20.6 Å². The molecule has 2 rings (SSSR count). The van der Waals surface area contributed by atoms with Crippen molar-refractivity contribution in [3.05, 3.63) is 40.9 Å². The van der Waals surface area contributed by atoms with E-state index in [1.54, 1.807) is 0 Å². The zero-order valence-electron chi connectivity index (χ0n) is 11.4. The number of hydrogen-bond acceptors (Lipinski definition) is 4. The molecule has 0 saturated heterocycles. The van der Waals surface area contributed by atoms with Crippen molar-refractivity contribution >= 4 is 28.9 Å². The van der Waals surface area contributed by atoms with Crippen LogP contribution in [0.2, 0.25) is 5.02 Å². The number of benzene rings is 1. The van der Waals surface area contributed by atoms with Gasteiger partial charge in [0.1, 0.15) is 23.8 Å². The zero-order chi connectivity index (χ0) is 14.5. The van der Waals surface area contributed by atoms with Crippen LogP contribution in [0.4, 0.5) is 21.7 Å². The second-order valence-corrected chi connectivity index (χ2v) is 4.59. The Morgan fingerprint density at radius 1 is 1.20 bits per heavy atom. The summed E-state index contributed by atoms with van der Waals surface area (Å²) in [6.45, 7) is 4.78. The molecule has 0 unspecified atom stereocenters. The first-order chi connectivity index (χ1) is 9.65. The van der Waals surface area contributed by atoms with Gasteiger partial charge in [-0.05, 0) is 31.5 Å². The minimum Gasteiger partial charge on any atom is -0.370 e. The summed E-state index contributed by atoms with van der Waals surface area (Å²) in [5, 5.41) is 6.69. The van der Waals surface area contributed by atoms with Gasteiger partial charge in [0.15, 0.2) is 0 Å². The lowest BCUT2D eigenvalue weighted by Gasteiger charge is -2.14. The fraction of sp³-hybridized carbons (Fsp3) is 0.286. The largest absolute Gasteiger partial charge is 0.370 e. The first kappa shape index (κ1) is 14.5. The minimum absolute atomic E-state index is 0.351. The molecule has 0 aliphatic heterocycles. The predicted molar refractivity (Wildman–Crippen MR) is 80.3 cm³/mol. The molecule has 0 saturated carbocycles. The highest BCUT2D eigenvalue weighted by Crippen LogP contribution is 2.28. The van der Waals surface area contributed by atoms with E-state index < -0.39 is 0 Å². The Labute approximate surface area is 122 Å². The SMILES string of the molecule is CCNc1ncnc(Nc2cc(F)ccc2Cl)c1CC. The van der Waals surface area contributed by atoms with Crippen molar-refractivity contribution in [2.75, 3.05) is 17.2 Å². The molecule has 1 heterocycles. The van der Waals surface area contributed by atoms with E-state index in [0.717, 1.165) is 24.3 Å². The molecule has 0 atom stereocenters. The summed E-state index contributed by atoms with van der Waals surface area (Å²) in [7, 11) is 0. The Morgan fingerprint density at radius 2 is 1.95 bits per heavy atom. The molecule has 0 spiro atoms. The number of nitrogens with one attached hydrogen (secondary N) is 2. The predicted octanol–water partition coefficient (Wildman–Crippen LogP) is 4.01. The molecule has 2 N–H and O–H groups in total. The normalized spacial score (nSPS) is 10.4. The molecule has 1 aromatic heterocycles. The van der Waals surface area contributed by atoms with E-state index >= 15 is 0 Å². The topological polar surface area (TPSA) is 49.8 Å². The van der Waals surface area contributed by atoms with Crippen molar-refractivity contribution in [1.82, 2.24) is 9.97 Å². The van der Waals surface area contributed by atoms with Crippen molar-refractivity contribution < 1.29 is 4.39 Å². The summed E-state index contributed by atoms with van der Waals surface area (Å²) in [6, 6.07) is 4.17. The van der Waals surface area contributed by atoms with E-state index in [1.807, 2.05) is 13.8 Å². The van der Waals surface area contributed by atoms with Gasteiger partial charge in [0.05, 0.1) is 10.7 Å². The zero-order valence-corrected chi connectivity index (χ0v) is 12.1.